The minimum absolute atomic E-state index is 0.417. The third kappa shape index (κ3) is 20.7. The summed E-state index contributed by atoms with van der Waals surface area (Å²) in [6, 6.07) is 0. The van der Waals surface area contributed by atoms with Crippen LogP contribution in [0.1, 0.15) is 142 Å². The Morgan fingerprint density at radius 2 is 0.933 bits per heavy atom. The van der Waals surface area contributed by atoms with Crippen LogP contribution in [0.15, 0.2) is 0 Å². The van der Waals surface area contributed by atoms with Gasteiger partial charge < -0.3 is 14.9 Å². The molecule has 0 saturated heterocycles. The summed E-state index contributed by atoms with van der Waals surface area (Å²) in [4.78, 5) is 10.9. The summed E-state index contributed by atoms with van der Waals surface area (Å²) in [5.74, 6) is -1.09. The molecule has 0 aliphatic heterocycles. The SMILES string of the molecule is CCCCCCCCCCCCCCCCCCCCCCOC(C(=O)O)C(C)O. The van der Waals surface area contributed by atoms with Gasteiger partial charge in [0, 0.05) is 6.61 Å². The van der Waals surface area contributed by atoms with Crippen LogP contribution in [-0.2, 0) is 9.53 Å². The molecule has 30 heavy (non-hydrogen) atoms. The first kappa shape index (κ1) is 29.4. The molecule has 0 amide bonds. The first-order chi connectivity index (χ1) is 14.6. The van der Waals surface area contributed by atoms with E-state index < -0.39 is 18.2 Å². The predicted octanol–water partition coefficient (Wildman–Crippen LogP) is 7.66. The Morgan fingerprint density at radius 3 is 1.20 bits per heavy atom. The monoisotopic (exact) mass is 428 g/mol. The van der Waals surface area contributed by atoms with E-state index in [0.717, 1.165) is 12.8 Å². The van der Waals surface area contributed by atoms with Gasteiger partial charge in [0.25, 0.3) is 0 Å². The summed E-state index contributed by atoms with van der Waals surface area (Å²) in [5, 5.41) is 18.3. The van der Waals surface area contributed by atoms with Gasteiger partial charge in [0.05, 0.1) is 6.10 Å². The average molecular weight is 429 g/mol. The van der Waals surface area contributed by atoms with E-state index in [9.17, 15) is 9.90 Å². The number of hydrogen-bond acceptors (Lipinski definition) is 3. The van der Waals surface area contributed by atoms with Gasteiger partial charge in [0.2, 0.25) is 0 Å². The van der Waals surface area contributed by atoms with Crippen LogP contribution in [0.4, 0.5) is 0 Å². The molecule has 180 valence electrons. The molecule has 4 heteroatoms. The largest absolute Gasteiger partial charge is 0.479 e. The molecule has 0 aromatic carbocycles. The molecule has 2 N–H and O–H groups in total. The quantitative estimate of drug-likeness (QED) is 0.155. The maximum atomic E-state index is 10.9. The smallest absolute Gasteiger partial charge is 0.335 e. The second-order valence-electron chi connectivity index (χ2n) is 9.09. The number of hydrogen-bond donors (Lipinski definition) is 2. The molecular formula is C26H52O4. The number of carboxylic acid groups (broad SMARTS) is 1. The van der Waals surface area contributed by atoms with Crippen molar-refractivity contribution in [1.29, 1.82) is 0 Å². The van der Waals surface area contributed by atoms with E-state index in [1.807, 2.05) is 0 Å². The molecular weight excluding hydrogens is 376 g/mol. The first-order valence-electron chi connectivity index (χ1n) is 13.1. The summed E-state index contributed by atoms with van der Waals surface area (Å²) in [7, 11) is 0. The van der Waals surface area contributed by atoms with Crippen LogP contribution < -0.4 is 0 Å². The van der Waals surface area contributed by atoms with Gasteiger partial charge in [-0.25, -0.2) is 4.79 Å². The first-order valence-corrected chi connectivity index (χ1v) is 13.1. The lowest BCUT2D eigenvalue weighted by Crippen LogP contribution is -2.34. The Labute approximate surface area is 187 Å². The number of unbranched alkanes of at least 4 members (excludes halogenated alkanes) is 19. The van der Waals surface area contributed by atoms with E-state index in [-0.39, 0.29) is 0 Å². The van der Waals surface area contributed by atoms with Crippen molar-refractivity contribution in [3.05, 3.63) is 0 Å². The minimum Gasteiger partial charge on any atom is -0.479 e. The molecule has 0 spiro atoms. The summed E-state index contributed by atoms with van der Waals surface area (Å²) >= 11 is 0. The van der Waals surface area contributed by atoms with E-state index in [0.29, 0.717) is 6.61 Å². The maximum absolute atomic E-state index is 10.9. The molecule has 0 radical (unpaired) electrons. The Morgan fingerprint density at radius 1 is 0.633 bits per heavy atom. The Hall–Kier alpha value is -0.610. The molecule has 4 nitrogen and oxygen atoms in total. The van der Waals surface area contributed by atoms with Crippen LogP contribution in [0.2, 0.25) is 0 Å². The van der Waals surface area contributed by atoms with Gasteiger partial charge in [-0.2, -0.15) is 0 Å². The van der Waals surface area contributed by atoms with Crippen LogP contribution >= 0.6 is 0 Å². The molecule has 0 aromatic rings. The second kappa shape index (κ2) is 23.1. The van der Waals surface area contributed by atoms with E-state index in [2.05, 4.69) is 6.92 Å². The lowest BCUT2D eigenvalue weighted by molar-refractivity contribution is -0.157. The Bertz CT molecular complexity index is 357. The van der Waals surface area contributed by atoms with Gasteiger partial charge in [-0.1, -0.05) is 129 Å². The lowest BCUT2D eigenvalue weighted by atomic mass is 10.0. The molecule has 2 atom stereocenters. The fraction of sp³-hybridized carbons (Fsp3) is 0.962. The zero-order chi connectivity index (χ0) is 22.3. The normalized spacial score (nSPS) is 13.4. The second-order valence-corrected chi connectivity index (χ2v) is 9.09. The number of aliphatic hydroxyl groups is 1. The lowest BCUT2D eigenvalue weighted by Gasteiger charge is -2.15. The van der Waals surface area contributed by atoms with Crippen LogP contribution in [0, 0.1) is 0 Å². The molecule has 0 aliphatic rings. The van der Waals surface area contributed by atoms with Gasteiger partial charge in [-0.15, -0.1) is 0 Å². The highest BCUT2D eigenvalue weighted by Gasteiger charge is 2.23. The van der Waals surface area contributed by atoms with Gasteiger partial charge >= 0.3 is 5.97 Å². The highest BCUT2D eigenvalue weighted by atomic mass is 16.5. The van der Waals surface area contributed by atoms with E-state index in [1.165, 1.54) is 122 Å². The van der Waals surface area contributed by atoms with Crippen LogP contribution in [-0.4, -0.2) is 35.0 Å². The highest BCUT2D eigenvalue weighted by molar-refractivity contribution is 5.72. The van der Waals surface area contributed by atoms with E-state index in [1.54, 1.807) is 0 Å². The molecule has 0 bridgehead atoms. The molecule has 0 saturated carbocycles. The molecule has 0 aliphatic carbocycles. The van der Waals surface area contributed by atoms with E-state index in [4.69, 9.17) is 9.84 Å². The summed E-state index contributed by atoms with van der Waals surface area (Å²) in [5.41, 5.74) is 0. The summed E-state index contributed by atoms with van der Waals surface area (Å²) in [6.07, 6.45) is 24.9. The fourth-order valence-electron chi connectivity index (χ4n) is 3.98. The van der Waals surface area contributed by atoms with Crippen molar-refractivity contribution in [1.82, 2.24) is 0 Å². The standard InChI is InChI=1S/C26H52O4/c1-3-4-5-6-7-8-9-10-11-12-13-14-15-16-17-18-19-20-21-22-23-30-25(24(2)27)26(28)29/h24-25,27H,3-23H2,1-2H3,(H,28,29). The molecule has 0 heterocycles. The van der Waals surface area contributed by atoms with Gasteiger partial charge in [0.1, 0.15) is 0 Å². The van der Waals surface area contributed by atoms with Gasteiger partial charge in [-0.3, -0.25) is 0 Å². The zero-order valence-corrected chi connectivity index (χ0v) is 20.2. The maximum Gasteiger partial charge on any atom is 0.335 e. The van der Waals surface area contributed by atoms with Crippen molar-refractivity contribution in [2.45, 2.75) is 154 Å². The van der Waals surface area contributed by atoms with Gasteiger partial charge in [-0.05, 0) is 13.3 Å². The number of rotatable bonds is 24. The zero-order valence-electron chi connectivity index (χ0n) is 20.2. The predicted molar refractivity (Wildman–Crippen MR) is 127 cm³/mol. The topological polar surface area (TPSA) is 66.8 Å². The third-order valence-electron chi connectivity index (χ3n) is 5.98. The number of carbonyl (C=O) groups is 1. The summed E-state index contributed by atoms with van der Waals surface area (Å²) in [6.45, 7) is 4.15. The minimum atomic E-state index is -1.09. The van der Waals surface area contributed by atoms with Crippen molar-refractivity contribution < 1.29 is 19.7 Å². The fourth-order valence-corrected chi connectivity index (χ4v) is 3.98. The van der Waals surface area contributed by atoms with Crippen molar-refractivity contribution in [3.8, 4) is 0 Å². The number of ether oxygens (including phenoxy) is 1. The number of carboxylic acids is 1. The van der Waals surface area contributed by atoms with E-state index >= 15 is 0 Å². The average Bonchev–Trinajstić information content (AvgIpc) is 2.71. The Balaban J connectivity index is 3.15. The van der Waals surface area contributed by atoms with Gasteiger partial charge in [0.15, 0.2) is 6.10 Å². The van der Waals surface area contributed by atoms with Crippen LogP contribution in [0.25, 0.3) is 0 Å². The van der Waals surface area contributed by atoms with Crippen molar-refractivity contribution in [2.75, 3.05) is 6.61 Å². The summed E-state index contributed by atoms with van der Waals surface area (Å²) < 4.78 is 5.25. The molecule has 2 unspecified atom stereocenters. The van der Waals surface area contributed by atoms with Crippen molar-refractivity contribution >= 4 is 5.97 Å². The molecule has 0 aromatic heterocycles. The van der Waals surface area contributed by atoms with Crippen molar-refractivity contribution in [2.24, 2.45) is 0 Å². The Kier molecular flexibility index (Phi) is 22.6. The highest BCUT2D eigenvalue weighted by Crippen LogP contribution is 2.15. The third-order valence-corrected chi connectivity index (χ3v) is 5.98. The van der Waals surface area contributed by atoms with Crippen LogP contribution in [0.5, 0.6) is 0 Å². The number of aliphatic hydroxyl groups excluding tert-OH is 1. The van der Waals surface area contributed by atoms with Crippen LogP contribution in [0.3, 0.4) is 0 Å². The molecule has 0 rings (SSSR count). The molecule has 0 fully saturated rings. The van der Waals surface area contributed by atoms with Crippen molar-refractivity contribution in [3.63, 3.8) is 0 Å². The number of aliphatic carboxylic acids is 1.